The molecule has 2 N–H and O–H groups in total. The molecule has 1 aromatic carbocycles. The van der Waals surface area contributed by atoms with Crippen LogP contribution in [-0.4, -0.2) is 27.0 Å². The van der Waals surface area contributed by atoms with Crippen LogP contribution in [0.1, 0.15) is 25.1 Å². The molecule has 0 bridgehead atoms. The number of nitrogens with two attached hydrogens (primary N) is 1. The van der Waals surface area contributed by atoms with Crippen LogP contribution in [0.25, 0.3) is 0 Å². The molecule has 1 atom stereocenters. The standard InChI is InChI=1S/C16H20BrN3O2S2/c1-10(2)24(18,22)15-11(3)19-16(23-15)20(4)14(21)9-12-5-7-13(17)8-6-12/h5-8H,9H2,1-4H3,(H2,18,22). The molecule has 0 radical (unpaired) electrons. The van der Waals surface area contributed by atoms with Crippen LogP contribution in [0.2, 0.25) is 0 Å². The molecule has 2 aromatic rings. The van der Waals surface area contributed by atoms with Gasteiger partial charge < -0.3 is 0 Å². The highest BCUT2D eigenvalue weighted by atomic mass is 79.9. The van der Waals surface area contributed by atoms with Gasteiger partial charge in [-0.05, 0) is 43.3 Å². The average molecular weight is 430 g/mol. The van der Waals surface area contributed by atoms with Crippen LogP contribution in [-0.2, 0) is 20.9 Å². The number of thiazole rings is 1. The van der Waals surface area contributed by atoms with E-state index in [1.165, 1.54) is 16.2 Å². The lowest BCUT2D eigenvalue weighted by Crippen LogP contribution is -2.27. The summed E-state index contributed by atoms with van der Waals surface area (Å²) >= 11 is 4.58. The van der Waals surface area contributed by atoms with Crippen molar-refractivity contribution in [3.63, 3.8) is 0 Å². The van der Waals surface area contributed by atoms with Crippen molar-refractivity contribution in [1.29, 1.82) is 0 Å². The molecule has 2 rings (SSSR count). The van der Waals surface area contributed by atoms with Crippen molar-refractivity contribution in [2.45, 2.75) is 31.4 Å². The summed E-state index contributed by atoms with van der Waals surface area (Å²) < 4.78 is 14.1. The van der Waals surface area contributed by atoms with Gasteiger partial charge in [-0.2, -0.15) is 0 Å². The molecule has 1 heterocycles. The van der Waals surface area contributed by atoms with Gasteiger partial charge in [0.05, 0.1) is 21.8 Å². The first-order valence-corrected chi connectivity index (χ1v) is 10.5. The molecule has 0 aliphatic carbocycles. The van der Waals surface area contributed by atoms with E-state index in [1.807, 2.05) is 24.3 Å². The maximum atomic E-state index is 12.6. The first kappa shape index (κ1) is 19.1. The van der Waals surface area contributed by atoms with Gasteiger partial charge in [-0.3, -0.25) is 14.8 Å². The molecule has 0 saturated carbocycles. The highest BCUT2D eigenvalue weighted by molar-refractivity contribution is 9.10. The van der Waals surface area contributed by atoms with Crippen molar-refractivity contribution in [2.24, 2.45) is 5.14 Å². The van der Waals surface area contributed by atoms with E-state index in [2.05, 4.69) is 20.9 Å². The second-order valence-electron chi connectivity index (χ2n) is 5.63. The minimum atomic E-state index is -2.73. The molecule has 1 amide bonds. The maximum absolute atomic E-state index is 12.6. The fraction of sp³-hybridized carbons (Fsp3) is 0.312. The Kier molecular flexibility index (Phi) is 5.85. The Balaban J connectivity index is 2.26. The third-order valence-electron chi connectivity index (χ3n) is 3.55. The topological polar surface area (TPSA) is 76.3 Å². The molecule has 0 spiro atoms. The highest BCUT2D eigenvalue weighted by Crippen LogP contribution is 2.29. The average Bonchev–Trinajstić information content (AvgIpc) is 2.91. The zero-order valence-corrected chi connectivity index (χ0v) is 17.2. The number of halogens is 1. The van der Waals surface area contributed by atoms with Crippen molar-refractivity contribution in [1.82, 2.24) is 4.98 Å². The van der Waals surface area contributed by atoms with E-state index in [-0.39, 0.29) is 12.3 Å². The number of nitrogens with zero attached hydrogens (tertiary/aromatic N) is 2. The Morgan fingerprint density at radius 2 is 1.92 bits per heavy atom. The van der Waals surface area contributed by atoms with Gasteiger partial charge in [0.15, 0.2) is 5.13 Å². The predicted molar refractivity (Wildman–Crippen MR) is 105 cm³/mol. The lowest BCUT2D eigenvalue weighted by molar-refractivity contribution is -0.117. The Hall–Kier alpha value is -1.22. The number of aromatic nitrogens is 1. The molecule has 1 unspecified atom stereocenters. The predicted octanol–water partition coefficient (Wildman–Crippen LogP) is 3.15. The fourth-order valence-corrected chi connectivity index (χ4v) is 5.10. The minimum Gasteiger partial charge on any atom is -0.291 e. The monoisotopic (exact) mass is 429 g/mol. The summed E-state index contributed by atoms with van der Waals surface area (Å²) in [7, 11) is -1.06. The largest absolute Gasteiger partial charge is 0.291 e. The van der Waals surface area contributed by atoms with Gasteiger partial charge in [0.2, 0.25) is 5.91 Å². The van der Waals surface area contributed by atoms with Gasteiger partial charge >= 0.3 is 0 Å². The van der Waals surface area contributed by atoms with E-state index in [1.54, 1.807) is 27.8 Å². The molecule has 0 saturated heterocycles. The molecule has 1 aromatic heterocycles. The Morgan fingerprint density at radius 3 is 2.46 bits per heavy atom. The first-order valence-electron chi connectivity index (χ1n) is 7.23. The Bertz CT molecular complexity index is 877. The lowest BCUT2D eigenvalue weighted by atomic mass is 10.1. The van der Waals surface area contributed by atoms with Crippen molar-refractivity contribution >= 4 is 52.9 Å². The normalized spacial score (nSPS) is 13.4. The smallest absolute Gasteiger partial charge is 0.232 e. The summed E-state index contributed by atoms with van der Waals surface area (Å²) in [6, 6.07) is 7.60. The molecular weight excluding hydrogens is 410 g/mol. The van der Waals surface area contributed by atoms with E-state index in [0.717, 1.165) is 10.0 Å². The van der Waals surface area contributed by atoms with Gasteiger partial charge in [0.25, 0.3) is 0 Å². The number of hydrogen-bond acceptors (Lipinski definition) is 4. The molecular formula is C16H20BrN3O2S2. The number of hydrogen-bond donors (Lipinski definition) is 1. The number of likely N-dealkylation sites (N-methyl/N-ethyl adjacent to an activating group) is 1. The minimum absolute atomic E-state index is 0.0849. The number of anilines is 1. The summed E-state index contributed by atoms with van der Waals surface area (Å²) in [4.78, 5) is 19.0. The number of carbonyl (C=O) groups excluding carboxylic acids is 1. The molecule has 0 aliphatic heterocycles. The summed E-state index contributed by atoms with van der Waals surface area (Å²) in [6.07, 6.45) is 0.272. The third-order valence-corrected chi connectivity index (χ3v) is 8.16. The second kappa shape index (κ2) is 7.35. The summed E-state index contributed by atoms with van der Waals surface area (Å²) in [5, 5.41) is 6.47. The molecule has 130 valence electrons. The van der Waals surface area contributed by atoms with E-state index in [9.17, 15) is 9.00 Å². The van der Waals surface area contributed by atoms with Gasteiger partial charge in [-0.1, -0.05) is 39.4 Å². The number of aryl methyl sites for hydroxylation is 1. The van der Waals surface area contributed by atoms with Crippen LogP contribution in [0.4, 0.5) is 5.13 Å². The summed E-state index contributed by atoms with van der Waals surface area (Å²) in [6.45, 7) is 5.24. The quantitative estimate of drug-likeness (QED) is 0.758. The van der Waals surface area contributed by atoms with E-state index in [4.69, 9.17) is 5.14 Å². The van der Waals surface area contributed by atoms with Crippen molar-refractivity contribution in [3.05, 3.63) is 40.0 Å². The fourth-order valence-electron chi connectivity index (χ4n) is 1.98. The number of rotatable bonds is 4. The van der Waals surface area contributed by atoms with E-state index >= 15 is 0 Å². The van der Waals surface area contributed by atoms with Crippen LogP contribution in [0, 0.1) is 6.92 Å². The van der Waals surface area contributed by atoms with Crippen LogP contribution in [0.5, 0.6) is 0 Å². The van der Waals surface area contributed by atoms with Gasteiger partial charge in [0.1, 0.15) is 4.21 Å². The van der Waals surface area contributed by atoms with Crippen LogP contribution in [0.3, 0.4) is 0 Å². The van der Waals surface area contributed by atoms with Crippen molar-refractivity contribution < 1.29 is 9.00 Å². The Morgan fingerprint density at radius 1 is 1.33 bits per heavy atom. The van der Waals surface area contributed by atoms with Crippen LogP contribution >= 0.6 is 27.3 Å². The summed E-state index contributed by atoms with van der Waals surface area (Å²) in [5.41, 5.74) is 1.52. The zero-order valence-electron chi connectivity index (χ0n) is 14.0. The number of amides is 1. The summed E-state index contributed by atoms with van der Waals surface area (Å²) in [5.74, 6) is -0.0849. The van der Waals surface area contributed by atoms with E-state index < -0.39 is 9.71 Å². The zero-order chi connectivity index (χ0) is 18.1. The second-order valence-corrected chi connectivity index (χ2v) is 10.2. The lowest BCUT2D eigenvalue weighted by Gasteiger charge is -2.13. The van der Waals surface area contributed by atoms with Crippen LogP contribution < -0.4 is 10.0 Å². The Labute approximate surface area is 155 Å². The SMILES string of the molecule is CC(C)=S(N)(=O)c1sc(N(C)C(=O)Cc2ccc(Br)cc2)nc1C. The third kappa shape index (κ3) is 4.05. The van der Waals surface area contributed by atoms with Crippen molar-refractivity contribution in [2.75, 3.05) is 11.9 Å². The molecule has 24 heavy (non-hydrogen) atoms. The van der Waals surface area contributed by atoms with Crippen LogP contribution in [0.15, 0.2) is 32.9 Å². The molecule has 0 fully saturated rings. The van der Waals surface area contributed by atoms with E-state index in [0.29, 0.717) is 19.9 Å². The number of carbonyl (C=O) groups is 1. The highest BCUT2D eigenvalue weighted by Gasteiger charge is 2.21. The van der Waals surface area contributed by atoms with Gasteiger partial charge in [0, 0.05) is 11.5 Å². The first-order chi connectivity index (χ1) is 11.1. The maximum Gasteiger partial charge on any atom is 0.232 e. The number of benzene rings is 1. The molecule has 0 aliphatic rings. The van der Waals surface area contributed by atoms with Gasteiger partial charge in [-0.25, -0.2) is 9.19 Å². The molecule has 8 heteroatoms. The van der Waals surface area contributed by atoms with Crippen molar-refractivity contribution in [3.8, 4) is 0 Å². The van der Waals surface area contributed by atoms with Gasteiger partial charge in [-0.15, -0.1) is 0 Å². The molecule has 5 nitrogen and oxygen atoms in total.